The van der Waals surface area contributed by atoms with Crippen LogP contribution in [0.3, 0.4) is 0 Å². The molecule has 2 N–H and O–H groups in total. The predicted molar refractivity (Wildman–Crippen MR) is 119 cm³/mol. The fourth-order valence-electron chi connectivity index (χ4n) is 3.38. The second-order valence-corrected chi connectivity index (χ2v) is 8.29. The van der Waals surface area contributed by atoms with E-state index in [1.54, 1.807) is 20.8 Å². The van der Waals surface area contributed by atoms with Crippen LogP contribution < -0.4 is 5.32 Å². The lowest BCUT2D eigenvalue weighted by Gasteiger charge is -2.11. The first-order chi connectivity index (χ1) is 16.4. The van der Waals surface area contributed by atoms with Crippen molar-refractivity contribution < 1.29 is 31.5 Å². The van der Waals surface area contributed by atoms with Gasteiger partial charge in [0.1, 0.15) is 11.5 Å². The van der Waals surface area contributed by atoms with Gasteiger partial charge in [0.25, 0.3) is 12.3 Å². The van der Waals surface area contributed by atoms with Crippen LogP contribution in [0.25, 0.3) is 11.3 Å². The highest BCUT2D eigenvalue weighted by atomic mass is 19.4. The number of aryl methyl sites for hydroxylation is 2. The minimum atomic E-state index is -4.59. The highest BCUT2D eigenvalue weighted by molar-refractivity contribution is 6.04. The lowest BCUT2D eigenvalue weighted by molar-refractivity contribution is -0.141. The van der Waals surface area contributed by atoms with Crippen molar-refractivity contribution in [3.05, 3.63) is 64.6 Å². The van der Waals surface area contributed by atoms with E-state index in [-0.39, 0.29) is 40.9 Å². The van der Waals surface area contributed by atoms with Crippen molar-refractivity contribution in [1.82, 2.24) is 15.0 Å². The van der Waals surface area contributed by atoms with Crippen molar-refractivity contribution in [2.45, 2.75) is 46.2 Å². The zero-order valence-corrected chi connectivity index (χ0v) is 19.1. The number of nitrogens with zero attached hydrogens (tertiary/aromatic N) is 2. The van der Waals surface area contributed by atoms with Crippen molar-refractivity contribution in [2.24, 2.45) is 5.92 Å². The summed E-state index contributed by atoms with van der Waals surface area (Å²) in [4.78, 5) is 35.1. The van der Waals surface area contributed by atoms with Crippen LogP contribution in [0.15, 0.2) is 36.5 Å². The molecule has 1 aromatic carbocycles. The van der Waals surface area contributed by atoms with E-state index in [0.29, 0.717) is 17.7 Å². The van der Waals surface area contributed by atoms with Gasteiger partial charge in [-0.2, -0.15) is 13.2 Å². The van der Waals surface area contributed by atoms with Crippen LogP contribution in [0.4, 0.5) is 27.9 Å². The normalized spacial score (nSPS) is 11.8. The molecular weight excluding hydrogens is 471 g/mol. The van der Waals surface area contributed by atoms with Gasteiger partial charge in [-0.15, -0.1) is 0 Å². The molecule has 0 unspecified atom stereocenters. The number of H-pyrrole nitrogens is 1. The van der Waals surface area contributed by atoms with E-state index in [1.807, 2.05) is 0 Å². The largest absolute Gasteiger partial charge is 0.433 e. The Morgan fingerprint density at radius 3 is 2.40 bits per heavy atom. The van der Waals surface area contributed by atoms with Gasteiger partial charge in [-0.05, 0) is 37.1 Å². The van der Waals surface area contributed by atoms with Gasteiger partial charge >= 0.3 is 6.18 Å². The summed E-state index contributed by atoms with van der Waals surface area (Å²) >= 11 is 0. The molecule has 186 valence electrons. The maximum atomic E-state index is 13.5. The lowest BCUT2D eigenvalue weighted by Crippen LogP contribution is -2.16. The molecule has 2 heterocycles. The monoisotopic (exact) mass is 494 g/mol. The van der Waals surface area contributed by atoms with E-state index in [1.165, 1.54) is 18.2 Å². The summed E-state index contributed by atoms with van der Waals surface area (Å²) in [5.74, 6) is -1.05. The van der Waals surface area contributed by atoms with E-state index in [0.717, 1.165) is 18.3 Å². The van der Waals surface area contributed by atoms with E-state index in [9.17, 15) is 31.5 Å². The van der Waals surface area contributed by atoms with Gasteiger partial charge in [0, 0.05) is 40.9 Å². The first-order valence-corrected chi connectivity index (χ1v) is 10.7. The molecule has 0 aliphatic carbocycles. The van der Waals surface area contributed by atoms with Gasteiger partial charge in [-0.1, -0.05) is 26.0 Å². The van der Waals surface area contributed by atoms with Crippen molar-refractivity contribution in [3.63, 3.8) is 0 Å². The number of Topliss-reactive ketones (excluding diaryl/α,β-unsaturated/α-hetero) is 1. The number of nitrogens with one attached hydrogen (secondary N) is 2. The van der Waals surface area contributed by atoms with Crippen LogP contribution in [0.5, 0.6) is 0 Å². The number of aromatic nitrogens is 3. The van der Waals surface area contributed by atoms with E-state index in [4.69, 9.17) is 0 Å². The average Bonchev–Trinajstić information content (AvgIpc) is 3.16. The number of hydrogen-bond acceptors (Lipinski definition) is 4. The van der Waals surface area contributed by atoms with Gasteiger partial charge in [-0.25, -0.2) is 13.8 Å². The number of imidazole rings is 1. The van der Waals surface area contributed by atoms with Crippen LogP contribution >= 0.6 is 0 Å². The quantitative estimate of drug-likeness (QED) is 0.368. The van der Waals surface area contributed by atoms with Gasteiger partial charge in [0.05, 0.1) is 5.69 Å². The summed E-state index contributed by atoms with van der Waals surface area (Å²) in [6.45, 7) is 5.12. The van der Waals surface area contributed by atoms with Crippen LogP contribution in [0, 0.1) is 12.8 Å². The molecule has 0 aliphatic heterocycles. The standard InChI is InChI=1S/C24H23F5N4O2/c1-12(2)18(34)8-5-14-4-7-16(21(25)26)17(10-14)22(35)33-23-31-13(3)20(32-23)15-6-9-19(30-11-15)24(27,28)29/h4,6-7,9-12,21H,5,8H2,1-3H3,(H2,31,32,33,35). The molecule has 0 saturated heterocycles. The van der Waals surface area contributed by atoms with Crippen LogP contribution in [-0.2, 0) is 17.4 Å². The summed E-state index contributed by atoms with van der Waals surface area (Å²) < 4.78 is 65.3. The molecule has 0 spiro atoms. The number of pyridine rings is 1. The lowest BCUT2D eigenvalue weighted by atomic mass is 9.97. The Hall–Kier alpha value is -3.63. The number of anilines is 1. The van der Waals surface area contributed by atoms with Gasteiger partial charge in [0.2, 0.25) is 5.95 Å². The maximum absolute atomic E-state index is 13.5. The number of aromatic amines is 1. The SMILES string of the molecule is Cc1[nH]c(NC(=O)c2cc(CCC(=O)C(C)C)ccc2C(F)F)nc1-c1ccc(C(F)(F)F)nc1. The zero-order valence-electron chi connectivity index (χ0n) is 19.1. The summed E-state index contributed by atoms with van der Waals surface area (Å²) in [7, 11) is 0. The minimum absolute atomic E-state index is 0.0188. The predicted octanol–water partition coefficient (Wildman–Crippen LogP) is 6.15. The van der Waals surface area contributed by atoms with Crippen molar-refractivity contribution in [1.29, 1.82) is 0 Å². The number of rotatable bonds is 8. The molecule has 35 heavy (non-hydrogen) atoms. The fraction of sp³-hybridized carbons (Fsp3) is 0.333. The number of halogens is 5. The Morgan fingerprint density at radius 1 is 1.11 bits per heavy atom. The van der Waals surface area contributed by atoms with E-state index < -0.39 is 29.8 Å². The third-order valence-electron chi connectivity index (χ3n) is 5.35. The number of ketones is 1. The molecule has 1 amide bonds. The number of amides is 1. The third kappa shape index (κ3) is 6.28. The Labute approximate surface area is 198 Å². The van der Waals surface area contributed by atoms with Crippen molar-refractivity contribution in [3.8, 4) is 11.3 Å². The second-order valence-electron chi connectivity index (χ2n) is 8.29. The average molecular weight is 494 g/mol. The molecule has 0 radical (unpaired) electrons. The topological polar surface area (TPSA) is 87.7 Å². The summed E-state index contributed by atoms with van der Waals surface area (Å²) in [5, 5.41) is 2.42. The number of hydrogen-bond donors (Lipinski definition) is 2. The van der Waals surface area contributed by atoms with Crippen LogP contribution in [0.1, 0.15) is 59.6 Å². The molecule has 0 bridgehead atoms. The number of benzene rings is 1. The molecule has 3 aromatic rings. The molecule has 0 aliphatic rings. The van der Waals surface area contributed by atoms with Crippen molar-refractivity contribution in [2.75, 3.05) is 5.32 Å². The fourth-order valence-corrected chi connectivity index (χ4v) is 3.38. The molecule has 11 heteroatoms. The van der Waals surface area contributed by atoms with Gasteiger partial charge in [-0.3, -0.25) is 19.9 Å². The molecule has 0 saturated carbocycles. The Kier molecular flexibility index (Phi) is 7.67. The molecule has 6 nitrogen and oxygen atoms in total. The molecule has 2 aromatic heterocycles. The first-order valence-electron chi connectivity index (χ1n) is 10.7. The van der Waals surface area contributed by atoms with Gasteiger partial charge < -0.3 is 4.98 Å². The molecule has 3 rings (SSSR count). The first kappa shape index (κ1) is 26.0. The number of alkyl halides is 5. The molecule has 0 fully saturated rings. The Balaban J connectivity index is 1.83. The highest BCUT2D eigenvalue weighted by Crippen LogP contribution is 2.30. The van der Waals surface area contributed by atoms with E-state index >= 15 is 0 Å². The van der Waals surface area contributed by atoms with Crippen LogP contribution in [-0.4, -0.2) is 26.6 Å². The smallest absolute Gasteiger partial charge is 0.328 e. The third-order valence-corrected chi connectivity index (χ3v) is 5.35. The maximum Gasteiger partial charge on any atom is 0.433 e. The van der Waals surface area contributed by atoms with Crippen LogP contribution in [0.2, 0.25) is 0 Å². The Morgan fingerprint density at radius 2 is 1.83 bits per heavy atom. The number of carbonyl (C=O) groups excluding carboxylic acids is 2. The van der Waals surface area contributed by atoms with Gasteiger partial charge in [0.15, 0.2) is 0 Å². The summed E-state index contributed by atoms with van der Waals surface area (Å²) in [5.41, 5.74) is -0.290. The summed E-state index contributed by atoms with van der Waals surface area (Å²) in [6, 6.07) is 5.94. The summed E-state index contributed by atoms with van der Waals surface area (Å²) in [6.07, 6.45) is -5.97. The van der Waals surface area contributed by atoms with E-state index in [2.05, 4.69) is 20.3 Å². The van der Waals surface area contributed by atoms with Crippen molar-refractivity contribution >= 4 is 17.6 Å². The minimum Gasteiger partial charge on any atom is -0.328 e. The number of carbonyl (C=O) groups is 2. The second kappa shape index (κ2) is 10.3. The Bertz CT molecular complexity index is 1220. The molecular formula is C24H23F5N4O2. The zero-order chi connectivity index (χ0) is 25.9. The molecule has 0 atom stereocenters. The highest BCUT2D eigenvalue weighted by Gasteiger charge is 2.32.